The number of hydrogen-bond acceptors (Lipinski definition) is 5. The van der Waals surface area contributed by atoms with E-state index in [1.165, 1.54) is 0 Å². The second kappa shape index (κ2) is 7.58. The SMILES string of the molecule is CC(C)[C@H](NC(=O)CN1C(=O)c2ccccc2C1=O)c1ccc2c(c1)OCCO2. The Kier molecular flexibility index (Phi) is 4.96. The summed E-state index contributed by atoms with van der Waals surface area (Å²) in [5.41, 5.74) is 1.54. The predicted octanol–water partition coefficient (Wildman–Crippen LogP) is 2.57. The Labute approximate surface area is 168 Å². The van der Waals surface area contributed by atoms with E-state index >= 15 is 0 Å². The lowest BCUT2D eigenvalue weighted by molar-refractivity contribution is -0.122. The van der Waals surface area contributed by atoms with Crippen molar-refractivity contribution < 1.29 is 23.9 Å². The first kappa shape index (κ1) is 19.0. The number of nitrogens with one attached hydrogen (secondary N) is 1. The number of benzene rings is 2. The lowest BCUT2D eigenvalue weighted by atomic mass is 9.95. The van der Waals surface area contributed by atoms with Crippen molar-refractivity contribution in [2.45, 2.75) is 19.9 Å². The average molecular weight is 394 g/mol. The normalized spacial score (nSPS) is 16.0. The van der Waals surface area contributed by atoms with Crippen LogP contribution in [-0.2, 0) is 4.79 Å². The zero-order chi connectivity index (χ0) is 20.5. The molecule has 0 aromatic heterocycles. The minimum absolute atomic E-state index is 0.0867. The molecule has 1 atom stereocenters. The van der Waals surface area contributed by atoms with Gasteiger partial charge in [0.2, 0.25) is 5.91 Å². The van der Waals surface area contributed by atoms with E-state index in [1.807, 2.05) is 32.0 Å². The molecule has 0 bridgehead atoms. The van der Waals surface area contributed by atoms with Crippen LogP contribution in [0.1, 0.15) is 46.2 Å². The number of carbonyl (C=O) groups is 3. The number of imide groups is 1. The van der Waals surface area contributed by atoms with Crippen LogP contribution in [0.2, 0.25) is 0 Å². The van der Waals surface area contributed by atoms with Crippen LogP contribution in [0.5, 0.6) is 11.5 Å². The van der Waals surface area contributed by atoms with Crippen LogP contribution in [0.3, 0.4) is 0 Å². The van der Waals surface area contributed by atoms with Crippen molar-refractivity contribution in [1.82, 2.24) is 10.2 Å². The van der Waals surface area contributed by atoms with Crippen molar-refractivity contribution in [2.24, 2.45) is 5.92 Å². The van der Waals surface area contributed by atoms with Gasteiger partial charge in [0, 0.05) is 0 Å². The zero-order valence-electron chi connectivity index (χ0n) is 16.3. The number of amides is 3. The van der Waals surface area contributed by atoms with Crippen molar-refractivity contribution in [2.75, 3.05) is 19.8 Å². The Morgan fingerprint density at radius 3 is 2.24 bits per heavy atom. The average Bonchev–Trinajstić information content (AvgIpc) is 2.96. The van der Waals surface area contributed by atoms with Crippen molar-refractivity contribution in [1.29, 1.82) is 0 Å². The minimum Gasteiger partial charge on any atom is -0.486 e. The second-order valence-corrected chi connectivity index (χ2v) is 7.43. The highest BCUT2D eigenvalue weighted by Crippen LogP contribution is 2.34. The molecule has 0 aliphatic carbocycles. The Morgan fingerprint density at radius 1 is 1.00 bits per heavy atom. The Balaban J connectivity index is 1.49. The molecule has 2 aromatic carbocycles. The molecule has 0 spiro atoms. The molecule has 2 aromatic rings. The van der Waals surface area contributed by atoms with Crippen molar-refractivity contribution in [3.05, 3.63) is 59.2 Å². The molecule has 2 aliphatic rings. The van der Waals surface area contributed by atoms with E-state index in [1.54, 1.807) is 24.3 Å². The molecule has 150 valence electrons. The quantitative estimate of drug-likeness (QED) is 0.788. The Bertz CT molecular complexity index is 950. The maximum Gasteiger partial charge on any atom is 0.262 e. The Hall–Kier alpha value is -3.35. The summed E-state index contributed by atoms with van der Waals surface area (Å²) < 4.78 is 11.2. The molecular weight excluding hydrogens is 372 g/mol. The van der Waals surface area contributed by atoms with Gasteiger partial charge in [-0.3, -0.25) is 19.3 Å². The lowest BCUT2D eigenvalue weighted by Crippen LogP contribution is -2.42. The lowest BCUT2D eigenvalue weighted by Gasteiger charge is -2.26. The maximum atomic E-state index is 12.7. The van der Waals surface area contributed by atoms with Crippen LogP contribution >= 0.6 is 0 Å². The molecule has 4 rings (SSSR count). The first-order chi connectivity index (χ1) is 14.0. The van der Waals surface area contributed by atoms with E-state index in [0.717, 1.165) is 10.5 Å². The van der Waals surface area contributed by atoms with Gasteiger partial charge in [0.15, 0.2) is 11.5 Å². The summed E-state index contributed by atoms with van der Waals surface area (Å²) in [7, 11) is 0. The first-order valence-corrected chi connectivity index (χ1v) is 9.60. The van der Waals surface area contributed by atoms with Crippen LogP contribution in [0.25, 0.3) is 0 Å². The highest BCUT2D eigenvalue weighted by molar-refractivity contribution is 6.22. The molecular formula is C22H22N2O5. The molecule has 0 saturated carbocycles. The number of rotatable bonds is 5. The number of ether oxygens (including phenoxy) is 2. The fourth-order valence-electron chi connectivity index (χ4n) is 3.63. The molecule has 0 radical (unpaired) electrons. The summed E-state index contributed by atoms with van der Waals surface area (Å²) in [6.07, 6.45) is 0. The molecule has 2 aliphatic heterocycles. The molecule has 0 unspecified atom stereocenters. The molecule has 29 heavy (non-hydrogen) atoms. The summed E-state index contributed by atoms with van der Waals surface area (Å²) >= 11 is 0. The van der Waals surface area contributed by atoms with E-state index in [9.17, 15) is 14.4 Å². The molecule has 3 amide bonds. The smallest absolute Gasteiger partial charge is 0.262 e. The zero-order valence-corrected chi connectivity index (χ0v) is 16.3. The fourth-order valence-corrected chi connectivity index (χ4v) is 3.63. The van der Waals surface area contributed by atoms with Crippen LogP contribution in [0.4, 0.5) is 0 Å². The second-order valence-electron chi connectivity index (χ2n) is 7.43. The van der Waals surface area contributed by atoms with Gasteiger partial charge in [0.05, 0.1) is 17.2 Å². The highest BCUT2D eigenvalue weighted by atomic mass is 16.6. The van der Waals surface area contributed by atoms with Gasteiger partial charge in [0.1, 0.15) is 19.8 Å². The molecule has 7 nitrogen and oxygen atoms in total. The van der Waals surface area contributed by atoms with Gasteiger partial charge < -0.3 is 14.8 Å². The van der Waals surface area contributed by atoms with Gasteiger partial charge in [-0.15, -0.1) is 0 Å². The van der Waals surface area contributed by atoms with Crippen molar-refractivity contribution in [3.8, 4) is 11.5 Å². The van der Waals surface area contributed by atoms with Gasteiger partial charge in [-0.25, -0.2) is 0 Å². The number of carbonyl (C=O) groups excluding carboxylic acids is 3. The van der Waals surface area contributed by atoms with Gasteiger partial charge in [-0.05, 0) is 35.7 Å². The van der Waals surface area contributed by atoms with Crippen molar-refractivity contribution >= 4 is 17.7 Å². The fraction of sp³-hybridized carbons (Fsp3) is 0.318. The van der Waals surface area contributed by atoms with E-state index in [-0.39, 0.29) is 18.5 Å². The summed E-state index contributed by atoms with van der Waals surface area (Å²) in [5, 5.41) is 2.95. The largest absolute Gasteiger partial charge is 0.486 e. The van der Waals surface area contributed by atoms with Gasteiger partial charge in [-0.1, -0.05) is 32.0 Å². The maximum absolute atomic E-state index is 12.7. The number of nitrogens with zero attached hydrogens (tertiary/aromatic N) is 1. The van der Waals surface area contributed by atoms with E-state index in [2.05, 4.69) is 5.32 Å². The topological polar surface area (TPSA) is 84.9 Å². The van der Waals surface area contributed by atoms with Gasteiger partial charge in [0.25, 0.3) is 11.8 Å². The highest BCUT2D eigenvalue weighted by Gasteiger charge is 2.36. The van der Waals surface area contributed by atoms with Gasteiger partial charge >= 0.3 is 0 Å². The number of fused-ring (bicyclic) bond motifs is 2. The molecule has 7 heteroatoms. The summed E-state index contributed by atoms with van der Waals surface area (Å²) in [6.45, 7) is 4.65. The summed E-state index contributed by atoms with van der Waals surface area (Å²) in [6, 6.07) is 11.9. The van der Waals surface area contributed by atoms with Crippen LogP contribution in [0, 0.1) is 5.92 Å². The van der Waals surface area contributed by atoms with E-state index < -0.39 is 17.7 Å². The Morgan fingerprint density at radius 2 is 1.62 bits per heavy atom. The van der Waals surface area contributed by atoms with Crippen LogP contribution in [0.15, 0.2) is 42.5 Å². The summed E-state index contributed by atoms with van der Waals surface area (Å²) in [4.78, 5) is 38.7. The molecule has 2 heterocycles. The molecule has 1 N–H and O–H groups in total. The number of hydrogen-bond donors (Lipinski definition) is 1. The van der Waals surface area contributed by atoms with E-state index in [4.69, 9.17) is 9.47 Å². The van der Waals surface area contributed by atoms with Crippen molar-refractivity contribution in [3.63, 3.8) is 0 Å². The third-order valence-corrected chi connectivity index (χ3v) is 5.09. The van der Waals surface area contributed by atoms with Crippen LogP contribution < -0.4 is 14.8 Å². The molecule has 0 saturated heterocycles. The molecule has 0 fully saturated rings. The van der Waals surface area contributed by atoms with Crippen LogP contribution in [-0.4, -0.2) is 42.4 Å². The third kappa shape index (κ3) is 3.55. The monoisotopic (exact) mass is 394 g/mol. The van der Waals surface area contributed by atoms with E-state index in [0.29, 0.717) is 35.8 Å². The standard InChI is InChI=1S/C22H22N2O5/c1-13(2)20(14-7-8-17-18(11-14)29-10-9-28-17)23-19(25)12-24-21(26)15-5-3-4-6-16(15)22(24)27/h3-8,11,13,20H,9-10,12H2,1-2H3,(H,23,25)/t20-/m0/s1. The minimum atomic E-state index is -0.443. The predicted molar refractivity (Wildman–Crippen MR) is 105 cm³/mol. The third-order valence-electron chi connectivity index (χ3n) is 5.09. The van der Waals surface area contributed by atoms with Gasteiger partial charge in [-0.2, -0.15) is 0 Å². The first-order valence-electron chi connectivity index (χ1n) is 9.60. The summed E-state index contributed by atoms with van der Waals surface area (Å²) in [5.74, 6) is 0.132.